The lowest BCUT2D eigenvalue weighted by atomic mass is 10.0. The van der Waals surface area contributed by atoms with E-state index in [4.69, 9.17) is 0 Å². The Kier molecular flexibility index (Phi) is 6.54. The second-order valence-electron chi connectivity index (χ2n) is 4.67. The first-order valence-electron chi connectivity index (χ1n) is 6.15. The van der Waals surface area contributed by atoms with Gasteiger partial charge in [0.25, 0.3) is 0 Å². The van der Waals surface area contributed by atoms with Crippen LogP contribution in [0.15, 0.2) is 29.2 Å². The van der Waals surface area contributed by atoms with E-state index in [2.05, 4.69) is 5.32 Å². The van der Waals surface area contributed by atoms with Crippen LogP contribution in [0.4, 0.5) is 4.39 Å². The number of amides is 1. The van der Waals surface area contributed by atoms with Gasteiger partial charge in [0.05, 0.1) is 14.9 Å². The minimum Gasteiger partial charge on any atom is -0.386 e. The first-order chi connectivity index (χ1) is 9.66. The van der Waals surface area contributed by atoms with Crippen LogP contribution in [0.3, 0.4) is 0 Å². The highest BCUT2D eigenvalue weighted by Crippen LogP contribution is 2.20. The van der Waals surface area contributed by atoms with Crippen LogP contribution in [-0.4, -0.2) is 42.3 Å². The molecule has 1 aromatic carbocycles. The molecule has 0 unspecified atom stereocenters. The van der Waals surface area contributed by atoms with E-state index in [0.29, 0.717) is 5.56 Å². The number of hydrogen-bond acceptors (Lipinski definition) is 4. The van der Waals surface area contributed by atoms with Crippen LogP contribution in [0, 0.1) is 0 Å². The Morgan fingerprint density at radius 2 is 1.90 bits per heavy atom. The Morgan fingerprint density at radius 1 is 1.38 bits per heavy atom. The predicted molar refractivity (Wildman–Crippen MR) is 85.9 cm³/mol. The fourth-order valence-corrected chi connectivity index (χ4v) is 2.45. The number of carbonyl (C=O) groups excluding carboxylic acids is 1. The van der Waals surface area contributed by atoms with Crippen LogP contribution in [0.2, 0.25) is 0 Å². The predicted octanol–water partition coefficient (Wildman–Crippen LogP) is 1.40. The topological polar surface area (TPSA) is 83.5 Å². The molecule has 0 heterocycles. The number of hydrogen-bond donors (Lipinski definition) is 2. The van der Waals surface area contributed by atoms with Crippen molar-refractivity contribution in [2.75, 3.05) is 12.9 Å². The molecular weight excluding hydrogens is 412 g/mol. The molecule has 0 aliphatic heterocycles. The highest BCUT2D eigenvalue weighted by Gasteiger charge is 2.24. The average molecular weight is 429 g/mol. The Hall–Kier alpha value is -0.740. The molecular formula is C13H17FINO4S. The van der Waals surface area contributed by atoms with E-state index in [1.807, 2.05) is 22.6 Å². The van der Waals surface area contributed by atoms with Crippen molar-refractivity contribution in [1.29, 1.82) is 0 Å². The molecule has 0 radical (unpaired) electrons. The van der Waals surface area contributed by atoms with Crippen LogP contribution in [0.1, 0.15) is 18.6 Å². The summed E-state index contributed by atoms with van der Waals surface area (Å²) in [7, 11) is -3.33. The zero-order valence-electron chi connectivity index (χ0n) is 11.6. The van der Waals surface area contributed by atoms with Gasteiger partial charge >= 0.3 is 0 Å². The van der Waals surface area contributed by atoms with E-state index >= 15 is 0 Å². The number of aliphatic hydroxyl groups is 1. The van der Waals surface area contributed by atoms with Crippen LogP contribution in [0.25, 0.3) is 0 Å². The number of carbonyl (C=O) groups is 1. The molecule has 5 nitrogen and oxygen atoms in total. The standard InChI is InChI=1S/C13H17FINO4S/c1-8(15)13(18)16-11(7-14)12(17)9-3-5-10(6-4-9)21(2,19)20/h3-6,8,11-12,17H,7H2,1-2H3,(H,16,18)/t8-,11-,12-/m1/s1. The summed E-state index contributed by atoms with van der Waals surface area (Å²) < 4.78 is 35.4. The van der Waals surface area contributed by atoms with Crippen molar-refractivity contribution >= 4 is 38.3 Å². The second kappa shape index (κ2) is 7.50. The van der Waals surface area contributed by atoms with Crippen molar-refractivity contribution in [2.24, 2.45) is 0 Å². The molecule has 0 aliphatic carbocycles. The summed E-state index contributed by atoms with van der Waals surface area (Å²) >= 11 is 1.89. The number of benzene rings is 1. The number of alkyl halides is 2. The van der Waals surface area contributed by atoms with Gasteiger partial charge in [-0.3, -0.25) is 4.79 Å². The van der Waals surface area contributed by atoms with Crippen LogP contribution in [0.5, 0.6) is 0 Å². The van der Waals surface area contributed by atoms with Gasteiger partial charge < -0.3 is 10.4 Å². The lowest BCUT2D eigenvalue weighted by molar-refractivity contribution is -0.121. The minimum atomic E-state index is -3.33. The van der Waals surface area contributed by atoms with Gasteiger partial charge in [0, 0.05) is 6.26 Å². The highest BCUT2D eigenvalue weighted by molar-refractivity contribution is 14.1. The van der Waals surface area contributed by atoms with E-state index in [1.165, 1.54) is 24.3 Å². The van der Waals surface area contributed by atoms with Crippen LogP contribution in [-0.2, 0) is 14.6 Å². The van der Waals surface area contributed by atoms with Crippen molar-refractivity contribution in [3.8, 4) is 0 Å². The molecule has 21 heavy (non-hydrogen) atoms. The van der Waals surface area contributed by atoms with E-state index < -0.39 is 28.7 Å². The van der Waals surface area contributed by atoms with Gasteiger partial charge in [-0.15, -0.1) is 0 Å². The number of aliphatic hydroxyl groups excluding tert-OH is 1. The zero-order chi connectivity index (χ0) is 16.2. The molecule has 3 atom stereocenters. The van der Waals surface area contributed by atoms with E-state index in [0.717, 1.165) is 6.26 Å². The smallest absolute Gasteiger partial charge is 0.233 e. The lowest BCUT2D eigenvalue weighted by Gasteiger charge is -2.22. The Morgan fingerprint density at radius 3 is 2.29 bits per heavy atom. The van der Waals surface area contributed by atoms with Crippen molar-refractivity contribution in [3.63, 3.8) is 0 Å². The maximum atomic E-state index is 13.0. The minimum absolute atomic E-state index is 0.111. The summed E-state index contributed by atoms with van der Waals surface area (Å²) in [6.07, 6.45) is -0.173. The SMILES string of the molecule is C[C@@H](I)C(=O)N[C@H](CF)[C@H](O)c1ccc(S(C)(=O)=O)cc1. The quantitative estimate of drug-likeness (QED) is 0.529. The monoisotopic (exact) mass is 429 g/mol. The number of nitrogens with one attached hydrogen (secondary N) is 1. The molecule has 0 saturated heterocycles. The molecule has 1 amide bonds. The van der Waals surface area contributed by atoms with E-state index in [9.17, 15) is 22.7 Å². The number of halogens is 2. The van der Waals surface area contributed by atoms with E-state index in [1.54, 1.807) is 6.92 Å². The summed E-state index contributed by atoms with van der Waals surface area (Å²) in [5.74, 6) is -0.370. The molecule has 0 fully saturated rings. The fraction of sp³-hybridized carbons (Fsp3) is 0.462. The van der Waals surface area contributed by atoms with Gasteiger partial charge in [-0.2, -0.15) is 0 Å². The summed E-state index contributed by atoms with van der Waals surface area (Å²) in [4.78, 5) is 11.7. The Balaban J connectivity index is 2.90. The third kappa shape index (κ3) is 5.19. The molecule has 8 heteroatoms. The second-order valence-corrected chi connectivity index (χ2v) is 8.56. The van der Waals surface area contributed by atoms with Crippen LogP contribution < -0.4 is 5.32 Å². The van der Waals surface area contributed by atoms with Gasteiger partial charge in [0.1, 0.15) is 12.8 Å². The largest absolute Gasteiger partial charge is 0.386 e. The third-order valence-electron chi connectivity index (χ3n) is 2.89. The first-order valence-corrected chi connectivity index (χ1v) is 9.29. The highest BCUT2D eigenvalue weighted by atomic mass is 127. The fourth-order valence-electron chi connectivity index (χ4n) is 1.64. The average Bonchev–Trinajstić information content (AvgIpc) is 2.42. The lowest BCUT2D eigenvalue weighted by Crippen LogP contribution is -2.43. The van der Waals surface area contributed by atoms with E-state index in [-0.39, 0.29) is 14.7 Å². The van der Waals surface area contributed by atoms with Gasteiger partial charge in [0.2, 0.25) is 5.91 Å². The molecule has 118 valence electrons. The first kappa shape index (κ1) is 18.3. The summed E-state index contributed by atoms with van der Waals surface area (Å²) in [6.45, 7) is 0.725. The molecule has 0 aliphatic rings. The summed E-state index contributed by atoms with van der Waals surface area (Å²) in [5, 5.41) is 12.5. The molecule has 1 rings (SSSR count). The molecule has 0 spiro atoms. The number of sulfone groups is 1. The Bertz CT molecular complexity index is 589. The molecule has 0 saturated carbocycles. The third-order valence-corrected chi connectivity index (χ3v) is 4.58. The molecule has 0 aromatic heterocycles. The van der Waals surface area contributed by atoms with Gasteiger partial charge in [-0.05, 0) is 24.6 Å². The zero-order valence-corrected chi connectivity index (χ0v) is 14.6. The van der Waals surface area contributed by atoms with Gasteiger partial charge in [-0.25, -0.2) is 12.8 Å². The molecule has 2 N–H and O–H groups in total. The normalized spacial score (nSPS) is 16.0. The van der Waals surface area contributed by atoms with Crippen LogP contribution >= 0.6 is 22.6 Å². The maximum absolute atomic E-state index is 13.0. The molecule has 0 bridgehead atoms. The van der Waals surface area contributed by atoms with Crippen molar-refractivity contribution in [2.45, 2.75) is 27.9 Å². The Labute approximate surface area is 137 Å². The van der Waals surface area contributed by atoms with Crippen molar-refractivity contribution in [1.82, 2.24) is 5.32 Å². The van der Waals surface area contributed by atoms with Crippen molar-refractivity contribution in [3.05, 3.63) is 29.8 Å². The van der Waals surface area contributed by atoms with Gasteiger partial charge in [0.15, 0.2) is 9.84 Å². The number of rotatable bonds is 6. The van der Waals surface area contributed by atoms with Gasteiger partial charge in [-0.1, -0.05) is 34.7 Å². The van der Waals surface area contributed by atoms with Crippen molar-refractivity contribution < 1.29 is 22.7 Å². The molecule has 1 aromatic rings. The summed E-state index contributed by atoms with van der Waals surface area (Å²) in [6, 6.07) is 4.42. The maximum Gasteiger partial charge on any atom is 0.233 e. The summed E-state index contributed by atoms with van der Waals surface area (Å²) in [5.41, 5.74) is 0.339.